The highest BCUT2D eigenvalue weighted by Crippen LogP contribution is 2.13. The van der Waals surface area contributed by atoms with Crippen molar-refractivity contribution in [2.24, 2.45) is 0 Å². The van der Waals surface area contributed by atoms with Gasteiger partial charge in [-0.3, -0.25) is 10.1 Å². The Bertz CT molecular complexity index is 530. The van der Waals surface area contributed by atoms with E-state index in [1.54, 1.807) is 0 Å². The number of hydrogen-bond acceptors (Lipinski definition) is 6. The van der Waals surface area contributed by atoms with Gasteiger partial charge in [-0.05, 0) is 17.7 Å². The highest BCUT2D eigenvalue weighted by molar-refractivity contribution is 5.69. The quantitative estimate of drug-likeness (QED) is 0.469. The van der Waals surface area contributed by atoms with Crippen molar-refractivity contribution in [2.45, 2.75) is 12.7 Å². The predicted octanol–water partition coefficient (Wildman–Crippen LogP) is 1.13. The number of hydrogen-bond donors (Lipinski definition) is 0. The topological polar surface area (TPSA) is 99.0 Å². The fraction of sp³-hybridized carbons (Fsp3) is 0.385. The smallest absolute Gasteiger partial charge is 0.410 e. The fourth-order valence-corrected chi connectivity index (χ4v) is 1.87. The minimum atomic E-state index is -0.620. The SMILES string of the molecule is O=C[C@@H]1CN(C(=O)OCc2ccc([N+](=O)[O-])cc2)CCO1. The van der Waals surface area contributed by atoms with E-state index in [1.807, 2.05) is 0 Å². The van der Waals surface area contributed by atoms with Crippen LogP contribution in [0.1, 0.15) is 5.56 Å². The van der Waals surface area contributed by atoms with Crippen molar-refractivity contribution in [3.05, 3.63) is 39.9 Å². The Balaban J connectivity index is 1.85. The van der Waals surface area contributed by atoms with Gasteiger partial charge < -0.3 is 19.2 Å². The summed E-state index contributed by atoms with van der Waals surface area (Å²) in [5.74, 6) is 0. The molecule has 1 heterocycles. The summed E-state index contributed by atoms with van der Waals surface area (Å²) >= 11 is 0. The molecule has 1 aliphatic rings. The molecule has 0 unspecified atom stereocenters. The van der Waals surface area contributed by atoms with Crippen molar-refractivity contribution in [3.8, 4) is 0 Å². The normalized spacial score (nSPS) is 18.1. The van der Waals surface area contributed by atoms with E-state index in [1.165, 1.54) is 29.2 Å². The number of aldehydes is 1. The Morgan fingerprint density at radius 3 is 2.81 bits per heavy atom. The van der Waals surface area contributed by atoms with E-state index in [0.29, 0.717) is 18.4 Å². The van der Waals surface area contributed by atoms with Crippen LogP contribution in [0.15, 0.2) is 24.3 Å². The van der Waals surface area contributed by atoms with Crippen LogP contribution in [-0.2, 0) is 20.9 Å². The molecule has 2 rings (SSSR count). The number of nitro benzene ring substituents is 1. The first-order valence-corrected chi connectivity index (χ1v) is 6.32. The largest absolute Gasteiger partial charge is 0.445 e. The van der Waals surface area contributed by atoms with Gasteiger partial charge in [-0.15, -0.1) is 0 Å². The Labute approximate surface area is 120 Å². The standard InChI is InChI=1S/C13H14N2O6/c16-8-12-7-14(5-6-20-12)13(17)21-9-10-1-3-11(4-2-10)15(18)19/h1-4,8,12H,5-7,9H2/t12-/m0/s1. The number of nitrogens with zero attached hydrogens (tertiary/aromatic N) is 2. The molecule has 0 bridgehead atoms. The molecule has 1 fully saturated rings. The van der Waals surface area contributed by atoms with E-state index in [9.17, 15) is 19.7 Å². The lowest BCUT2D eigenvalue weighted by atomic mass is 10.2. The third-order valence-corrected chi connectivity index (χ3v) is 3.01. The summed E-state index contributed by atoms with van der Waals surface area (Å²) in [6.45, 7) is 0.835. The van der Waals surface area contributed by atoms with Crippen LogP contribution in [0.3, 0.4) is 0 Å². The fourth-order valence-electron chi connectivity index (χ4n) is 1.87. The zero-order valence-electron chi connectivity index (χ0n) is 11.1. The molecule has 1 aliphatic heterocycles. The number of non-ortho nitro benzene ring substituents is 1. The van der Waals surface area contributed by atoms with Gasteiger partial charge in [0.25, 0.3) is 5.69 Å². The molecule has 0 aromatic heterocycles. The first kappa shape index (κ1) is 14.9. The van der Waals surface area contributed by atoms with Crippen molar-refractivity contribution in [3.63, 3.8) is 0 Å². The number of morpholine rings is 1. The number of nitro groups is 1. The van der Waals surface area contributed by atoms with Crippen molar-refractivity contribution in [2.75, 3.05) is 19.7 Å². The molecule has 0 aliphatic carbocycles. The molecule has 0 spiro atoms. The van der Waals surface area contributed by atoms with Gasteiger partial charge in [0.15, 0.2) is 6.29 Å². The Morgan fingerprint density at radius 1 is 1.48 bits per heavy atom. The molecule has 0 radical (unpaired) electrons. The summed E-state index contributed by atoms with van der Waals surface area (Å²) in [6, 6.07) is 5.75. The number of carbonyl (C=O) groups excluding carboxylic acids is 2. The van der Waals surface area contributed by atoms with Crippen LogP contribution in [0.2, 0.25) is 0 Å². The van der Waals surface area contributed by atoms with Gasteiger partial charge in [0, 0.05) is 18.7 Å². The minimum absolute atomic E-state index is 0.0138. The van der Waals surface area contributed by atoms with Gasteiger partial charge in [0.2, 0.25) is 0 Å². The molecule has 8 heteroatoms. The molecule has 0 N–H and O–H groups in total. The second-order valence-electron chi connectivity index (χ2n) is 4.47. The maximum absolute atomic E-state index is 11.8. The average Bonchev–Trinajstić information content (AvgIpc) is 2.53. The molecule has 21 heavy (non-hydrogen) atoms. The average molecular weight is 294 g/mol. The highest BCUT2D eigenvalue weighted by atomic mass is 16.6. The molecule has 8 nitrogen and oxygen atoms in total. The lowest BCUT2D eigenvalue weighted by Gasteiger charge is -2.29. The predicted molar refractivity (Wildman–Crippen MR) is 70.7 cm³/mol. The van der Waals surface area contributed by atoms with Gasteiger partial charge in [-0.25, -0.2) is 4.79 Å². The van der Waals surface area contributed by atoms with E-state index in [-0.39, 0.29) is 25.4 Å². The number of carbonyl (C=O) groups is 2. The Morgan fingerprint density at radius 2 is 2.19 bits per heavy atom. The Kier molecular flexibility index (Phi) is 4.83. The van der Waals surface area contributed by atoms with E-state index in [0.717, 1.165) is 0 Å². The lowest BCUT2D eigenvalue weighted by Crippen LogP contribution is -2.46. The monoisotopic (exact) mass is 294 g/mol. The first-order valence-electron chi connectivity index (χ1n) is 6.32. The second-order valence-corrected chi connectivity index (χ2v) is 4.47. The summed E-state index contributed by atoms with van der Waals surface area (Å²) in [5.41, 5.74) is 0.626. The maximum atomic E-state index is 11.8. The van der Waals surface area contributed by atoms with Crippen LogP contribution in [0, 0.1) is 10.1 Å². The number of rotatable bonds is 4. The molecule has 112 valence electrons. The van der Waals surface area contributed by atoms with E-state index >= 15 is 0 Å². The van der Waals surface area contributed by atoms with Crippen LogP contribution in [0.4, 0.5) is 10.5 Å². The van der Waals surface area contributed by atoms with Gasteiger partial charge >= 0.3 is 6.09 Å². The minimum Gasteiger partial charge on any atom is -0.445 e. The van der Waals surface area contributed by atoms with Gasteiger partial charge in [0.1, 0.15) is 12.7 Å². The van der Waals surface area contributed by atoms with Crippen LogP contribution >= 0.6 is 0 Å². The third-order valence-electron chi connectivity index (χ3n) is 3.01. The molecule has 1 atom stereocenters. The van der Waals surface area contributed by atoms with Gasteiger partial charge in [0.05, 0.1) is 18.1 Å². The zero-order valence-corrected chi connectivity index (χ0v) is 11.1. The van der Waals surface area contributed by atoms with Crippen LogP contribution in [0.5, 0.6) is 0 Å². The maximum Gasteiger partial charge on any atom is 0.410 e. The first-order chi connectivity index (χ1) is 10.1. The molecule has 1 aromatic carbocycles. The van der Waals surface area contributed by atoms with Crippen LogP contribution < -0.4 is 0 Å². The van der Waals surface area contributed by atoms with E-state index in [2.05, 4.69) is 0 Å². The number of amides is 1. The van der Waals surface area contributed by atoms with Crippen LogP contribution in [-0.4, -0.2) is 48.0 Å². The molecule has 1 saturated heterocycles. The lowest BCUT2D eigenvalue weighted by molar-refractivity contribution is -0.384. The van der Waals surface area contributed by atoms with Crippen molar-refractivity contribution < 1.29 is 24.0 Å². The summed E-state index contributed by atoms with van der Waals surface area (Å²) in [4.78, 5) is 33.9. The second kappa shape index (κ2) is 6.80. The molecule has 0 saturated carbocycles. The summed E-state index contributed by atoms with van der Waals surface area (Å²) in [6.07, 6.45) is -0.510. The molecular formula is C13H14N2O6. The molecular weight excluding hydrogens is 280 g/mol. The molecule has 1 amide bonds. The zero-order chi connectivity index (χ0) is 15.2. The Hall–Kier alpha value is -2.48. The van der Waals surface area contributed by atoms with Gasteiger partial charge in [-0.1, -0.05) is 0 Å². The van der Waals surface area contributed by atoms with Crippen molar-refractivity contribution in [1.29, 1.82) is 0 Å². The molecule has 1 aromatic rings. The summed E-state index contributed by atoms with van der Waals surface area (Å²) < 4.78 is 10.2. The van der Waals surface area contributed by atoms with Crippen molar-refractivity contribution in [1.82, 2.24) is 4.90 Å². The number of benzene rings is 1. The van der Waals surface area contributed by atoms with E-state index in [4.69, 9.17) is 9.47 Å². The summed E-state index contributed by atoms with van der Waals surface area (Å²) in [5, 5.41) is 10.5. The highest BCUT2D eigenvalue weighted by Gasteiger charge is 2.24. The number of ether oxygens (including phenoxy) is 2. The van der Waals surface area contributed by atoms with Gasteiger partial charge in [-0.2, -0.15) is 0 Å². The van der Waals surface area contributed by atoms with Crippen molar-refractivity contribution >= 4 is 18.1 Å². The third kappa shape index (κ3) is 3.99. The summed E-state index contributed by atoms with van der Waals surface area (Å²) in [7, 11) is 0. The van der Waals surface area contributed by atoms with E-state index < -0.39 is 17.1 Å². The van der Waals surface area contributed by atoms with Crippen LogP contribution in [0.25, 0.3) is 0 Å².